The Bertz CT molecular complexity index is 1240. The molecule has 1 N–H and O–H groups in total. The lowest BCUT2D eigenvalue weighted by atomic mass is 9.99. The van der Waals surface area contributed by atoms with Crippen molar-refractivity contribution in [2.75, 3.05) is 26.7 Å². The maximum Gasteiger partial charge on any atom is 0.259 e. The van der Waals surface area contributed by atoms with Crippen molar-refractivity contribution in [1.29, 1.82) is 0 Å². The van der Waals surface area contributed by atoms with Gasteiger partial charge in [-0.3, -0.25) is 14.6 Å². The summed E-state index contributed by atoms with van der Waals surface area (Å²) >= 11 is 0. The van der Waals surface area contributed by atoms with Gasteiger partial charge in [0.05, 0.1) is 25.6 Å². The molecule has 2 amide bonds. The van der Waals surface area contributed by atoms with Crippen LogP contribution in [-0.2, 0) is 11.2 Å². The Labute approximate surface area is 215 Å². The number of likely N-dealkylation sites (N-methyl/N-ethyl adjacent to an activating group) is 1. The summed E-state index contributed by atoms with van der Waals surface area (Å²) in [5, 5.41) is 9.85. The van der Waals surface area contributed by atoms with Crippen molar-refractivity contribution < 1.29 is 23.8 Å². The summed E-state index contributed by atoms with van der Waals surface area (Å²) in [7, 11) is 1.71. The maximum atomic E-state index is 13.6. The molecule has 0 saturated heterocycles. The Hall–Kier alpha value is -3.85. The molecule has 0 radical (unpaired) electrons. The minimum atomic E-state index is -0.456. The molecule has 2 aromatic heterocycles. The number of rotatable bonds is 7. The van der Waals surface area contributed by atoms with Crippen LogP contribution in [0.25, 0.3) is 11.1 Å². The van der Waals surface area contributed by atoms with Crippen LogP contribution in [0.1, 0.15) is 29.9 Å². The fraction of sp³-hybridized carbons (Fsp3) is 0.357. The topological polar surface area (TPSA) is 95.9 Å². The standard InChI is InChI=1S/C28H31FN4O4/c1-18-15-33(19(2)17-34)28(36)24-12-21(20-7-9-22(29)10-8-20)14-31-27(24)37-25(18)16-32(3)26(35)13-23-6-4-5-11-30-23/h4-12,14,18-19,25,34H,13,15-17H2,1-3H3/t18-,19-,25-/m0/s1. The summed E-state index contributed by atoms with van der Waals surface area (Å²) in [6.07, 6.45) is 2.94. The van der Waals surface area contributed by atoms with Gasteiger partial charge in [0.25, 0.3) is 5.91 Å². The minimum Gasteiger partial charge on any atom is -0.472 e. The highest BCUT2D eigenvalue weighted by molar-refractivity contribution is 5.98. The number of nitrogens with zero attached hydrogens (tertiary/aromatic N) is 4. The molecule has 1 aliphatic heterocycles. The number of ether oxygens (including phenoxy) is 1. The molecule has 3 aromatic rings. The van der Waals surface area contributed by atoms with Crippen LogP contribution in [0.4, 0.5) is 4.39 Å². The zero-order chi connectivity index (χ0) is 26.5. The van der Waals surface area contributed by atoms with Crippen molar-refractivity contribution in [2.24, 2.45) is 5.92 Å². The third-order valence-corrected chi connectivity index (χ3v) is 6.64. The summed E-state index contributed by atoms with van der Waals surface area (Å²) in [6, 6.07) is 12.6. The van der Waals surface area contributed by atoms with Gasteiger partial charge in [-0.05, 0) is 42.8 Å². The summed E-state index contributed by atoms with van der Waals surface area (Å²) in [5.74, 6) is -0.766. The summed E-state index contributed by atoms with van der Waals surface area (Å²) < 4.78 is 19.7. The van der Waals surface area contributed by atoms with Crippen LogP contribution in [0, 0.1) is 11.7 Å². The number of hydrogen-bond acceptors (Lipinski definition) is 6. The van der Waals surface area contributed by atoms with Crippen LogP contribution >= 0.6 is 0 Å². The molecule has 3 heterocycles. The zero-order valence-electron chi connectivity index (χ0n) is 21.2. The third kappa shape index (κ3) is 6.11. The number of benzene rings is 1. The molecule has 0 bridgehead atoms. The first-order valence-electron chi connectivity index (χ1n) is 12.2. The fourth-order valence-corrected chi connectivity index (χ4v) is 4.28. The summed E-state index contributed by atoms with van der Waals surface area (Å²) in [6.45, 7) is 4.13. The number of amides is 2. The second-order valence-corrected chi connectivity index (χ2v) is 9.48. The second-order valence-electron chi connectivity index (χ2n) is 9.48. The number of hydrogen-bond donors (Lipinski definition) is 1. The zero-order valence-corrected chi connectivity index (χ0v) is 21.2. The molecule has 3 atom stereocenters. The predicted octanol–water partition coefficient (Wildman–Crippen LogP) is 3.20. The van der Waals surface area contributed by atoms with Crippen molar-refractivity contribution in [1.82, 2.24) is 19.8 Å². The van der Waals surface area contributed by atoms with Crippen LogP contribution in [0.5, 0.6) is 5.88 Å². The van der Waals surface area contributed by atoms with E-state index in [0.29, 0.717) is 23.4 Å². The maximum absolute atomic E-state index is 13.6. The van der Waals surface area contributed by atoms with E-state index in [0.717, 1.165) is 0 Å². The number of aliphatic hydroxyl groups excluding tert-OH is 1. The van der Waals surface area contributed by atoms with Gasteiger partial charge in [-0.1, -0.05) is 25.1 Å². The molecule has 1 aliphatic rings. The van der Waals surface area contributed by atoms with Crippen molar-refractivity contribution in [3.05, 3.63) is 78.0 Å². The van der Waals surface area contributed by atoms with Crippen LogP contribution in [-0.4, -0.2) is 75.6 Å². The van der Waals surface area contributed by atoms with Gasteiger partial charge in [-0.25, -0.2) is 9.37 Å². The fourth-order valence-electron chi connectivity index (χ4n) is 4.28. The van der Waals surface area contributed by atoms with Gasteiger partial charge in [-0.15, -0.1) is 0 Å². The molecule has 8 nitrogen and oxygen atoms in total. The number of halogens is 1. The van der Waals surface area contributed by atoms with E-state index in [9.17, 15) is 19.1 Å². The molecule has 1 aromatic carbocycles. The molecule has 0 spiro atoms. The Morgan fingerprint density at radius 2 is 1.97 bits per heavy atom. The highest BCUT2D eigenvalue weighted by Gasteiger charge is 2.34. The highest BCUT2D eigenvalue weighted by atomic mass is 19.1. The average Bonchev–Trinajstić information content (AvgIpc) is 2.91. The summed E-state index contributed by atoms with van der Waals surface area (Å²) in [5.41, 5.74) is 2.28. The largest absolute Gasteiger partial charge is 0.472 e. The lowest BCUT2D eigenvalue weighted by molar-refractivity contribution is -0.130. The van der Waals surface area contributed by atoms with Crippen LogP contribution < -0.4 is 4.74 Å². The van der Waals surface area contributed by atoms with E-state index < -0.39 is 12.1 Å². The SMILES string of the molecule is C[C@H]1CN([C@@H](C)CO)C(=O)c2cc(-c3ccc(F)cc3)cnc2O[C@H]1CN(C)C(=O)Cc1ccccn1. The van der Waals surface area contributed by atoms with E-state index in [1.54, 1.807) is 66.5 Å². The molecular formula is C28H31FN4O4. The molecule has 194 valence electrons. The molecule has 0 aliphatic carbocycles. The van der Waals surface area contributed by atoms with Gasteiger partial charge < -0.3 is 19.6 Å². The molecule has 0 unspecified atom stereocenters. The molecule has 4 rings (SSSR count). The van der Waals surface area contributed by atoms with Crippen molar-refractivity contribution in [2.45, 2.75) is 32.4 Å². The molecule has 9 heteroatoms. The lowest BCUT2D eigenvalue weighted by Crippen LogP contribution is -2.50. The van der Waals surface area contributed by atoms with Crippen LogP contribution in [0.3, 0.4) is 0 Å². The van der Waals surface area contributed by atoms with Crippen molar-refractivity contribution in [3.63, 3.8) is 0 Å². The van der Waals surface area contributed by atoms with Crippen molar-refractivity contribution in [3.8, 4) is 17.0 Å². The second kappa shape index (κ2) is 11.5. The predicted molar refractivity (Wildman–Crippen MR) is 136 cm³/mol. The third-order valence-electron chi connectivity index (χ3n) is 6.64. The van der Waals surface area contributed by atoms with Crippen LogP contribution in [0.2, 0.25) is 0 Å². The first-order chi connectivity index (χ1) is 17.8. The van der Waals surface area contributed by atoms with Gasteiger partial charge >= 0.3 is 0 Å². The van der Waals surface area contributed by atoms with E-state index >= 15 is 0 Å². The van der Waals surface area contributed by atoms with E-state index in [2.05, 4.69) is 9.97 Å². The van der Waals surface area contributed by atoms with Gasteiger partial charge in [0.1, 0.15) is 17.5 Å². The Kier molecular flexibility index (Phi) is 8.13. The van der Waals surface area contributed by atoms with Crippen LogP contribution in [0.15, 0.2) is 60.9 Å². The monoisotopic (exact) mass is 506 g/mol. The first-order valence-corrected chi connectivity index (χ1v) is 12.2. The minimum absolute atomic E-state index is 0.104. The van der Waals surface area contributed by atoms with E-state index in [1.165, 1.54) is 12.1 Å². The highest BCUT2D eigenvalue weighted by Crippen LogP contribution is 2.30. The molecular weight excluding hydrogens is 475 g/mol. The summed E-state index contributed by atoms with van der Waals surface area (Å²) in [4.78, 5) is 38.4. The number of carbonyl (C=O) groups is 2. The number of carbonyl (C=O) groups excluding carboxylic acids is 2. The molecule has 0 saturated carbocycles. The number of aromatic nitrogens is 2. The number of pyridine rings is 2. The van der Waals surface area contributed by atoms with Gasteiger partial charge in [-0.2, -0.15) is 0 Å². The van der Waals surface area contributed by atoms with Crippen molar-refractivity contribution >= 4 is 11.8 Å². The Balaban J connectivity index is 1.63. The Morgan fingerprint density at radius 3 is 2.65 bits per heavy atom. The molecule has 37 heavy (non-hydrogen) atoms. The average molecular weight is 507 g/mol. The quantitative estimate of drug-likeness (QED) is 0.529. The number of aliphatic hydroxyl groups is 1. The van der Waals surface area contributed by atoms with Gasteiger partial charge in [0.2, 0.25) is 11.8 Å². The van der Waals surface area contributed by atoms with Gasteiger partial charge in [0.15, 0.2) is 0 Å². The van der Waals surface area contributed by atoms with Gasteiger partial charge in [0, 0.05) is 43.2 Å². The van der Waals surface area contributed by atoms with E-state index in [-0.39, 0.29) is 54.6 Å². The lowest BCUT2D eigenvalue weighted by Gasteiger charge is -2.37. The number of fused-ring (bicyclic) bond motifs is 1. The molecule has 0 fully saturated rings. The smallest absolute Gasteiger partial charge is 0.259 e. The van der Waals surface area contributed by atoms with E-state index in [1.807, 2.05) is 13.0 Å². The Morgan fingerprint density at radius 1 is 1.22 bits per heavy atom. The normalized spacial score (nSPS) is 18.3. The first kappa shape index (κ1) is 26.2. The van der Waals surface area contributed by atoms with E-state index in [4.69, 9.17) is 4.74 Å².